The summed E-state index contributed by atoms with van der Waals surface area (Å²) in [6, 6.07) is 12.7. The number of hydrogen-bond donors (Lipinski definition) is 1. The first-order chi connectivity index (χ1) is 15.1. The molecule has 2 aromatic carbocycles. The van der Waals surface area contributed by atoms with Gasteiger partial charge in [0.15, 0.2) is 6.61 Å². The van der Waals surface area contributed by atoms with Crippen LogP contribution in [0, 0.1) is 17.1 Å². The summed E-state index contributed by atoms with van der Waals surface area (Å²) < 4.78 is 18.5. The molecular formula is C24H22FN3O3. The fraction of sp³-hybridized carbons (Fsp3) is 0.292. The largest absolute Gasteiger partial charge is 0.452 e. The lowest BCUT2D eigenvalue weighted by Gasteiger charge is -2.21. The van der Waals surface area contributed by atoms with Crippen molar-refractivity contribution in [1.82, 2.24) is 4.98 Å². The molecule has 0 unspecified atom stereocenters. The summed E-state index contributed by atoms with van der Waals surface area (Å²) >= 11 is 0. The number of nitrogens with zero attached hydrogens (tertiary/aromatic N) is 2. The predicted molar refractivity (Wildman–Crippen MR) is 114 cm³/mol. The second-order valence-corrected chi connectivity index (χ2v) is 7.56. The Hall–Kier alpha value is -3.66. The highest BCUT2D eigenvalue weighted by molar-refractivity contribution is 5.99. The van der Waals surface area contributed by atoms with Gasteiger partial charge in [-0.15, -0.1) is 0 Å². The van der Waals surface area contributed by atoms with Crippen LogP contribution in [0.15, 0.2) is 42.5 Å². The lowest BCUT2D eigenvalue weighted by molar-refractivity contribution is -0.121. The van der Waals surface area contributed by atoms with Crippen LogP contribution >= 0.6 is 0 Å². The van der Waals surface area contributed by atoms with E-state index < -0.39 is 24.3 Å². The van der Waals surface area contributed by atoms with Gasteiger partial charge in [0.05, 0.1) is 18.1 Å². The lowest BCUT2D eigenvalue weighted by atomic mass is 9.95. The molecule has 0 radical (unpaired) electrons. The number of anilines is 1. The van der Waals surface area contributed by atoms with Crippen LogP contribution in [-0.2, 0) is 22.4 Å². The van der Waals surface area contributed by atoms with E-state index in [0.29, 0.717) is 11.3 Å². The van der Waals surface area contributed by atoms with Gasteiger partial charge in [-0.05, 0) is 73.7 Å². The van der Waals surface area contributed by atoms with Crippen LogP contribution < -0.4 is 4.90 Å². The maximum Gasteiger partial charge on any atom is 0.338 e. The highest BCUT2D eigenvalue weighted by Gasteiger charge is 2.20. The Morgan fingerprint density at radius 1 is 1.13 bits per heavy atom. The van der Waals surface area contributed by atoms with E-state index in [1.807, 2.05) is 18.2 Å². The van der Waals surface area contributed by atoms with E-state index in [9.17, 15) is 14.0 Å². The summed E-state index contributed by atoms with van der Waals surface area (Å²) in [5.74, 6) is -1.49. The normalized spacial score (nSPS) is 12.8. The van der Waals surface area contributed by atoms with Crippen LogP contribution in [0.25, 0.3) is 10.9 Å². The van der Waals surface area contributed by atoms with E-state index in [1.165, 1.54) is 40.4 Å². The number of H-pyrrole nitrogens is 1. The molecular weight excluding hydrogens is 397 g/mol. The highest BCUT2D eigenvalue weighted by Crippen LogP contribution is 2.29. The number of ether oxygens (including phenoxy) is 1. The molecule has 0 spiro atoms. The Labute approximate surface area is 179 Å². The van der Waals surface area contributed by atoms with E-state index in [2.05, 4.69) is 4.98 Å². The van der Waals surface area contributed by atoms with Gasteiger partial charge in [-0.25, -0.2) is 9.18 Å². The number of aromatic nitrogens is 1. The number of amides is 1. The molecule has 1 N–H and O–H groups in total. The van der Waals surface area contributed by atoms with E-state index in [0.717, 1.165) is 36.6 Å². The smallest absolute Gasteiger partial charge is 0.338 e. The van der Waals surface area contributed by atoms with Crippen molar-refractivity contribution >= 4 is 28.5 Å². The van der Waals surface area contributed by atoms with E-state index >= 15 is 0 Å². The molecule has 1 aliphatic carbocycles. The van der Waals surface area contributed by atoms with Crippen molar-refractivity contribution in [3.63, 3.8) is 0 Å². The van der Waals surface area contributed by atoms with Gasteiger partial charge >= 0.3 is 5.97 Å². The lowest BCUT2D eigenvalue weighted by Crippen LogP contribution is -2.35. The zero-order valence-electron chi connectivity index (χ0n) is 17.0. The number of esters is 1. The zero-order chi connectivity index (χ0) is 21.8. The topological polar surface area (TPSA) is 86.2 Å². The molecule has 0 aliphatic heterocycles. The SMILES string of the molecule is N#CCCN(C(=O)COC(=O)c1ccc2[nH]c3c(c2c1)CCCC3)c1ccc(F)cc1. The Kier molecular flexibility index (Phi) is 5.99. The monoisotopic (exact) mass is 419 g/mol. The summed E-state index contributed by atoms with van der Waals surface area (Å²) in [4.78, 5) is 30.0. The minimum atomic E-state index is -0.583. The second-order valence-electron chi connectivity index (χ2n) is 7.56. The van der Waals surface area contributed by atoms with E-state index in [-0.39, 0.29) is 13.0 Å². The Balaban J connectivity index is 1.47. The number of halogens is 1. The molecule has 1 aromatic heterocycles. The van der Waals surface area contributed by atoms with Crippen molar-refractivity contribution in [1.29, 1.82) is 5.26 Å². The zero-order valence-corrected chi connectivity index (χ0v) is 17.0. The number of benzene rings is 2. The molecule has 6 nitrogen and oxygen atoms in total. The molecule has 1 amide bonds. The van der Waals surface area contributed by atoms with Crippen molar-refractivity contribution < 1.29 is 18.7 Å². The Morgan fingerprint density at radius 2 is 1.90 bits per heavy atom. The fourth-order valence-corrected chi connectivity index (χ4v) is 4.00. The average molecular weight is 419 g/mol. The number of carbonyl (C=O) groups excluding carboxylic acids is 2. The molecule has 7 heteroatoms. The van der Waals surface area contributed by atoms with Crippen LogP contribution in [0.3, 0.4) is 0 Å². The van der Waals surface area contributed by atoms with Gasteiger partial charge < -0.3 is 14.6 Å². The van der Waals surface area contributed by atoms with Gasteiger partial charge in [-0.2, -0.15) is 5.26 Å². The summed E-state index contributed by atoms with van der Waals surface area (Å²) in [6.07, 6.45) is 4.39. The predicted octanol–water partition coefficient (Wildman–Crippen LogP) is 4.29. The molecule has 1 heterocycles. The molecule has 3 aromatic rings. The van der Waals surface area contributed by atoms with Crippen molar-refractivity contribution in [2.24, 2.45) is 0 Å². The van der Waals surface area contributed by atoms with Gasteiger partial charge in [-0.3, -0.25) is 4.79 Å². The summed E-state index contributed by atoms with van der Waals surface area (Å²) in [6.45, 7) is -0.342. The van der Waals surface area contributed by atoms with Crippen LogP contribution in [0.5, 0.6) is 0 Å². The maximum absolute atomic E-state index is 13.2. The quantitative estimate of drug-likeness (QED) is 0.604. The van der Waals surface area contributed by atoms with Crippen LogP contribution in [-0.4, -0.2) is 30.0 Å². The number of rotatable bonds is 6. The van der Waals surface area contributed by atoms with Crippen molar-refractivity contribution in [3.05, 3.63) is 65.1 Å². The van der Waals surface area contributed by atoms with E-state index in [1.54, 1.807) is 6.07 Å². The number of aryl methyl sites for hydroxylation is 2. The summed E-state index contributed by atoms with van der Waals surface area (Å²) in [7, 11) is 0. The fourth-order valence-electron chi connectivity index (χ4n) is 4.00. The molecule has 0 atom stereocenters. The number of nitriles is 1. The van der Waals surface area contributed by atoms with Gasteiger partial charge in [0.2, 0.25) is 0 Å². The highest BCUT2D eigenvalue weighted by atomic mass is 19.1. The molecule has 0 fully saturated rings. The van der Waals surface area contributed by atoms with Gasteiger partial charge in [0.25, 0.3) is 5.91 Å². The van der Waals surface area contributed by atoms with Crippen LogP contribution in [0.1, 0.15) is 40.9 Å². The first-order valence-corrected chi connectivity index (χ1v) is 10.3. The number of fused-ring (bicyclic) bond motifs is 3. The average Bonchev–Trinajstić information content (AvgIpc) is 3.16. The molecule has 0 saturated heterocycles. The number of carbonyl (C=O) groups is 2. The molecule has 0 bridgehead atoms. The molecule has 1 aliphatic rings. The third kappa shape index (κ3) is 4.43. The van der Waals surface area contributed by atoms with Crippen molar-refractivity contribution in [2.45, 2.75) is 32.1 Å². The van der Waals surface area contributed by atoms with E-state index in [4.69, 9.17) is 10.00 Å². The minimum Gasteiger partial charge on any atom is -0.452 e. The maximum atomic E-state index is 13.2. The minimum absolute atomic E-state index is 0.104. The molecule has 0 saturated carbocycles. The molecule has 31 heavy (non-hydrogen) atoms. The van der Waals surface area contributed by atoms with Crippen molar-refractivity contribution in [3.8, 4) is 6.07 Å². The Morgan fingerprint density at radius 3 is 2.68 bits per heavy atom. The second kappa shape index (κ2) is 9.00. The van der Waals surface area contributed by atoms with Crippen LogP contribution in [0.4, 0.5) is 10.1 Å². The third-order valence-electron chi connectivity index (χ3n) is 5.55. The van der Waals surface area contributed by atoms with Crippen molar-refractivity contribution in [2.75, 3.05) is 18.1 Å². The number of nitrogens with one attached hydrogen (secondary N) is 1. The first kappa shape index (κ1) is 20.6. The summed E-state index contributed by atoms with van der Waals surface area (Å²) in [5, 5.41) is 9.90. The van der Waals surface area contributed by atoms with Gasteiger partial charge in [0.1, 0.15) is 5.82 Å². The molecule has 158 valence electrons. The van der Waals surface area contributed by atoms with Gasteiger partial charge in [-0.1, -0.05) is 0 Å². The number of hydrogen-bond acceptors (Lipinski definition) is 4. The summed E-state index contributed by atoms with van der Waals surface area (Å²) in [5.41, 5.74) is 4.31. The molecule has 4 rings (SSSR count). The standard InChI is InChI=1S/C24H22FN3O3/c25-17-7-9-18(10-8-17)28(13-3-12-26)23(29)15-31-24(30)16-6-11-22-20(14-16)19-4-1-2-5-21(19)27-22/h6-11,14,27H,1-5,13,15H2. The van der Waals surface area contributed by atoms with Gasteiger partial charge in [0, 0.05) is 28.8 Å². The number of aromatic amines is 1. The first-order valence-electron chi connectivity index (χ1n) is 10.3. The Bertz CT molecular complexity index is 1160. The third-order valence-corrected chi connectivity index (χ3v) is 5.55. The van der Waals surface area contributed by atoms with Crippen LogP contribution in [0.2, 0.25) is 0 Å².